The quantitative estimate of drug-likeness (QED) is 0.124. The lowest BCUT2D eigenvalue weighted by Gasteiger charge is -2.47. The van der Waals surface area contributed by atoms with Gasteiger partial charge in [-0.15, -0.1) is 6.58 Å². The minimum Gasteiger partial charge on any atom is -0.463 e. The summed E-state index contributed by atoms with van der Waals surface area (Å²) >= 11 is 17.0. The highest BCUT2D eigenvalue weighted by Gasteiger charge is 2.58. The molecule has 0 aromatic rings. The molecular formula is C26H38Cl3NO15S. The number of hydrogen-bond acceptors (Lipinski definition) is 15. The van der Waals surface area contributed by atoms with Crippen LogP contribution in [-0.2, 0) is 71.5 Å². The Bertz CT molecular complexity index is 1220. The van der Waals surface area contributed by atoms with Crippen LogP contribution < -0.4 is 4.72 Å². The Morgan fingerprint density at radius 1 is 0.935 bits per heavy atom. The second-order valence-corrected chi connectivity index (χ2v) is 14.9. The van der Waals surface area contributed by atoms with Crippen molar-refractivity contribution in [1.29, 1.82) is 0 Å². The van der Waals surface area contributed by atoms with E-state index in [9.17, 15) is 22.8 Å². The molecule has 0 saturated carbocycles. The van der Waals surface area contributed by atoms with Crippen molar-refractivity contribution in [1.82, 2.24) is 4.72 Å². The van der Waals surface area contributed by atoms with E-state index in [0.717, 1.165) is 20.8 Å². The van der Waals surface area contributed by atoms with Crippen LogP contribution in [0.2, 0.25) is 0 Å². The molecule has 264 valence electrons. The predicted octanol–water partition coefficient (Wildman–Crippen LogP) is 1.58. The molecule has 0 aromatic heterocycles. The summed E-state index contributed by atoms with van der Waals surface area (Å²) in [5.41, 5.74) is 0. The maximum absolute atomic E-state index is 13.1. The summed E-state index contributed by atoms with van der Waals surface area (Å²) < 4.78 is 83.4. The zero-order chi connectivity index (χ0) is 34.6. The number of fused-ring (bicyclic) bond motifs is 1. The first-order chi connectivity index (χ1) is 21.2. The Morgan fingerprint density at radius 2 is 1.54 bits per heavy atom. The topological polar surface area (TPSA) is 190 Å². The fourth-order valence-corrected chi connectivity index (χ4v) is 6.38. The number of nitrogens with one attached hydrogen (secondary N) is 1. The van der Waals surface area contributed by atoms with E-state index in [2.05, 4.69) is 11.3 Å². The van der Waals surface area contributed by atoms with Crippen molar-refractivity contribution in [3.05, 3.63) is 12.7 Å². The molecule has 3 aliphatic heterocycles. The second-order valence-electron chi connectivity index (χ2n) is 11.0. The van der Waals surface area contributed by atoms with E-state index in [-0.39, 0.29) is 6.61 Å². The molecule has 3 aliphatic rings. The standard InChI is InChI=1S/C26H38Cl3NO15S/c1-8-9-36-24-22-21(44-25(6,7)45-22)18(12(2)39-24)43-23-17(30-46(34,35)38-11-26(27,28)29)20(41-15(5)33)19(40-14(4)32)16(42-23)10-37-13(3)31/h8,12,16-24,30H,1,9-11H2,2-7H3/t12-,16+,17+,18-,19+,20+,21+,22+,23-,24+/m0/s1. The summed E-state index contributed by atoms with van der Waals surface area (Å²) in [6, 6.07) is -1.68. The third-order valence-corrected chi connectivity index (χ3v) is 7.91. The van der Waals surface area contributed by atoms with Gasteiger partial charge in [-0.25, -0.2) is 0 Å². The smallest absolute Gasteiger partial charge is 0.336 e. The largest absolute Gasteiger partial charge is 0.463 e. The Labute approximate surface area is 281 Å². The normalized spacial score (nSPS) is 34.3. The Hall–Kier alpha value is -1.35. The van der Waals surface area contributed by atoms with Gasteiger partial charge in [0.05, 0.1) is 12.7 Å². The molecule has 46 heavy (non-hydrogen) atoms. The monoisotopic (exact) mass is 741 g/mol. The molecule has 3 rings (SSSR count). The van der Waals surface area contributed by atoms with Gasteiger partial charge >= 0.3 is 28.2 Å². The van der Waals surface area contributed by atoms with Crippen LogP contribution in [0.25, 0.3) is 0 Å². The maximum Gasteiger partial charge on any atom is 0.336 e. The van der Waals surface area contributed by atoms with Crippen LogP contribution in [0.1, 0.15) is 41.5 Å². The maximum atomic E-state index is 13.1. The van der Waals surface area contributed by atoms with Crippen molar-refractivity contribution < 1.29 is 69.6 Å². The Kier molecular flexibility index (Phi) is 13.5. The van der Waals surface area contributed by atoms with Gasteiger partial charge in [-0.2, -0.15) is 13.1 Å². The van der Waals surface area contributed by atoms with Crippen molar-refractivity contribution >= 4 is 63.0 Å². The summed E-state index contributed by atoms with van der Waals surface area (Å²) in [5, 5.41) is 0. The van der Waals surface area contributed by atoms with Gasteiger partial charge in [-0.3, -0.25) is 18.6 Å². The summed E-state index contributed by atoms with van der Waals surface area (Å²) in [6.07, 6.45) is -9.03. The van der Waals surface area contributed by atoms with Crippen LogP contribution >= 0.6 is 34.8 Å². The molecule has 0 radical (unpaired) electrons. The average Bonchev–Trinajstić information content (AvgIpc) is 3.24. The lowest BCUT2D eigenvalue weighted by molar-refractivity contribution is -0.328. The molecule has 3 fully saturated rings. The van der Waals surface area contributed by atoms with Crippen molar-refractivity contribution in [2.75, 3.05) is 19.8 Å². The molecule has 10 atom stereocenters. The Morgan fingerprint density at radius 3 is 2.11 bits per heavy atom. The highest BCUT2D eigenvalue weighted by molar-refractivity contribution is 7.84. The van der Waals surface area contributed by atoms with E-state index in [1.165, 1.54) is 6.08 Å². The Balaban J connectivity index is 2.05. The van der Waals surface area contributed by atoms with E-state index < -0.39 is 112 Å². The van der Waals surface area contributed by atoms with E-state index >= 15 is 0 Å². The van der Waals surface area contributed by atoms with Crippen LogP contribution in [0.5, 0.6) is 0 Å². The minimum absolute atomic E-state index is 0.138. The van der Waals surface area contributed by atoms with Crippen molar-refractivity contribution in [3.8, 4) is 0 Å². The molecule has 0 unspecified atom stereocenters. The van der Waals surface area contributed by atoms with E-state index in [1.54, 1.807) is 20.8 Å². The summed E-state index contributed by atoms with van der Waals surface area (Å²) in [6.45, 7) is 10.6. The third-order valence-electron chi connectivity index (χ3n) is 6.60. The van der Waals surface area contributed by atoms with Crippen LogP contribution in [-0.4, -0.2) is 117 Å². The number of esters is 3. The molecule has 3 heterocycles. The van der Waals surface area contributed by atoms with E-state index in [4.69, 9.17) is 81.6 Å². The summed E-state index contributed by atoms with van der Waals surface area (Å²) in [5.74, 6) is -3.58. The fourth-order valence-electron chi connectivity index (χ4n) is 5.05. The van der Waals surface area contributed by atoms with E-state index in [1.807, 2.05) is 0 Å². The van der Waals surface area contributed by atoms with Gasteiger partial charge in [-0.05, 0) is 20.8 Å². The molecule has 0 aliphatic carbocycles. The predicted molar refractivity (Wildman–Crippen MR) is 158 cm³/mol. The SMILES string of the molecule is C=CCO[C@@H]1O[C@@H](C)[C@H](O[C@@H]2O[C@H](COC(C)=O)[C@@H](OC(C)=O)[C@H](OC(C)=O)[C@H]2NS(=O)(=O)OCC(Cl)(Cl)Cl)[C@H]2OC(C)(C)O[C@@H]12. The first kappa shape index (κ1) is 39.1. The van der Waals surface area contributed by atoms with Gasteiger partial charge in [0.2, 0.25) is 3.79 Å². The van der Waals surface area contributed by atoms with Crippen LogP contribution in [0.4, 0.5) is 0 Å². The molecule has 0 bridgehead atoms. The number of alkyl halides is 3. The number of ether oxygens (including phenoxy) is 9. The molecule has 0 amide bonds. The summed E-state index contributed by atoms with van der Waals surface area (Å²) in [4.78, 5) is 36.1. The fraction of sp³-hybridized carbons (Fsp3) is 0.808. The second kappa shape index (κ2) is 15.9. The summed E-state index contributed by atoms with van der Waals surface area (Å²) in [7, 11) is -4.82. The molecular weight excluding hydrogens is 705 g/mol. The highest BCUT2D eigenvalue weighted by Crippen LogP contribution is 2.40. The average molecular weight is 743 g/mol. The number of carbonyl (C=O) groups is 3. The lowest BCUT2D eigenvalue weighted by atomic mass is 9.95. The molecule has 16 nitrogen and oxygen atoms in total. The van der Waals surface area contributed by atoms with Crippen LogP contribution in [0, 0.1) is 0 Å². The van der Waals surface area contributed by atoms with Crippen molar-refractivity contribution in [3.63, 3.8) is 0 Å². The van der Waals surface area contributed by atoms with Crippen LogP contribution in [0.15, 0.2) is 12.7 Å². The first-order valence-corrected chi connectivity index (χ1v) is 16.5. The first-order valence-electron chi connectivity index (χ1n) is 14.0. The zero-order valence-electron chi connectivity index (χ0n) is 25.8. The van der Waals surface area contributed by atoms with E-state index in [0.29, 0.717) is 0 Å². The van der Waals surface area contributed by atoms with Gasteiger partial charge < -0.3 is 42.6 Å². The highest BCUT2D eigenvalue weighted by atomic mass is 35.6. The molecule has 1 N–H and O–H groups in total. The zero-order valence-corrected chi connectivity index (χ0v) is 28.9. The van der Waals surface area contributed by atoms with Gasteiger partial charge in [0.25, 0.3) is 0 Å². The van der Waals surface area contributed by atoms with Crippen molar-refractivity contribution in [2.45, 2.75) is 112 Å². The van der Waals surface area contributed by atoms with Gasteiger partial charge in [0, 0.05) is 20.8 Å². The molecule has 0 aromatic carbocycles. The molecule has 3 saturated heterocycles. The number of hydrogen-bond donors (Lipinski definition) is 1. The minimum atomic E-state index is -4.82. The molecule has 20 heteroatoms. The number of rotatable bonds is 13. The van der Waals surface area contributed by atoms with Gasteiger partial charge in [0.1, 0.15) is 43.7 Å². The third kappa shape index (κ3) is 11.1. The number of carbonyl (C=O) groups excluding carboxylic acids is 3. The molecule has 0 spiro atoms. The van der Waals surface area contributed by atoms with Gasteiger partial charge in [-0.1, -0.05) is 40.9 Å². The van der Waals surface area contributed by atoms with Gasteiger partial charge in [0.15, 0.2) is 30.6 Å². The number of halogens is 3. The van der Waals surface area contributed by atoms with Crippen LogP contribution in [0.3, 0.4) is 0 Å². The van der Waals surface area contributed by atoms with Crippen molar-refractivity contribution in [2.24, 2.45) is 0 Å². The lowest BCUT2D eigenvalue weighted by Crippen LogP contribution is -2.68.